The van der Waals surface area contributed by atoms with E-state index in [0.29, 0.717) is 23.6 Å². The first-order chi connectivity index (χ1) is 22.5. The minimum Gasteiger partial charge on any atom is -0.496 e. The van der Waals surface area contributed by atoms with Gasteiger partial charge in [0.25, 0.3) is 5.19 Å². The molecule has 6 nitrogen and oxygen atoms in total. The zero-order chi connectivity index (χ0) is 31.9. The van der Waals surface area contributed by atoms with Gasteiger partial charge >= 0.3 is 0 Å². The van der Waals surface area contributed by atoms with Crippen LogP contribution in [0.25, 0.3) is 10.4 Å². The molecule has 7 heteroatoms. The first-order valence-electron chi connectivity index (χ1n) is 16.7. The molecule has 1 heterocycles. The van der Waals surface area contributed by atoms with Crippen LogP contribution < -0.4 is 14.4 Å². The number of hydrogen-bond acceptors (Lipinski definition) is 6. The first-order valence-corrected chi connectivity index (χ1v) is 17.5. The molecule has 0 bridgehead atoms. The van der Waals surface area contributed by atoms with Gasteiger partial charge in [0.15, 0.2) is 0 Å². The number of aryl methyl sites for hydroxylation is 1. The molecule has 0 unspecified atom stereocenters. The summed E-state index contributed by atoms with van der Waals surface area (Å²) in [6.45, 7) is 3.51. The third kappa shape index (κ3) is 7.81. The summed E-state index contributed by atoms with van der Waals surface area (Å²) in [5.41, 5.74) is 5.83. The quantitative estimate of drug-likeness (QED) is 0.164. The third-order valence-electron chi connectivity index (χ3n) is 9.90. The lowest BCUT2D eigenvalue weighted by atomic mass is 9.78. The number of carbonyl (C=O) groups excluding carboxylic acids is 1. The van der Waals surface area contributed by atoms with Crippen molar-refractivity contribution < 1.29 is 19.0 Å². The fourth-order valence-corrected chi connectivity index (χ4v) is 7.94. The van der Waals surface area contributed by atoms with Gasteiger partial charge in [0, 0.05) is 24.3 Å². The second-order valence-electron chi connectivity index (χ2n) is 12.9. The number of hydrogen-bond donors (Lipinski definition) is 0. The van der Waals surface area contributed by atoms with Crippen molar-refractivity contribution in [3.8, 4) is 21.4 Å². The van der Waals surface area contributed by atoms with E-state index >= 15 is 0 Å². The molecule has 0 saturated heterocycles. The highest BCUT2D eigenvalue weighted by molar-refractivity contribution is 7.16. The van der Waals surface area contributed by atoms with Crippen LogP contribution in [0.15, 0.2) is 79.0 Å². The minimum absolute atomic E-state index is 0.0161. The Bertz CT molecular complexity index is 1570. The lowest BCUT2D eigenvalue weighted by Gasteiger charge is -2.36. The van der Waals surface area contributed by atoms with Gasteiger partial charge in [-0.05, 0) is 111 Å². The number of rotatable bonds is 11. The van der Waals surface area contributed by atoms with E-state index in [9.17, 15) is 4.79 Å². The van der Waals surface area contributed by atoms with Crippen molar-refractivity contribution in [3.63, 3.8) is 0 Å². The van der Waals surface area contributed by atoms with Gasteiger partial charge in [0.2, 0.25) is 5.91 Å². The summed E-state index contributed by atoms with van der Waals surface area (Å²) < 4.78 is 17.1. The fraction of sp³-hybridized carbons (Fsp3) is 0.436. The molecule has 2 saturated carbocycles. The largest absolute Gasteiger partial charge is 0.496 e. The summed E-state index contributed by atoms with van der Waals surface area (Å²) in [4.78, 5) is 21.9. The Hall–Kier alpha value is -3.68. The van der Waals surface area contributed by atoms with Gasteiger partial charge in [0.1, 0.15) is 5.75 Å². The average molecular weight is 639 g/mol. The van der Waals surface area contributed by atoms with Crippen molar-refractivity contribution in [3.05, 3.63) is 95.7 Å². The maximum atomic E-state index is 14.4. The summed E-state index contributed by atoms with van der Waals surface area (Å²) in [5, 5.41) is 0.642. The van der Waals surface area contributed by atoms with E-state index in [1.54, 1.807) is 14.2 Å². The molecule has 1 amide bonds. The summed E-state index contributed by atoms with van der Waals surface area (Å²) in [6.07, 6.45) is 10.2. The molecule has 6 rings (SSSR count). The van der Waals surface area contributed by atoms with Gasteiger partial charge in [-0.1, -0.05) is 65.9 Å². The second kappa shape index (κ2) is 15.3. The lowest BCUT2D eigenvalue weighted by Crippen LogP contribution is -2.42. The number of thiazole rings is 1. The molecule has 0 spiro atoms. The minimum atomic E-state index is 0.0161. The van der Waals surface area contributed by atoms with Crippen molar-refractivity contribution >= 4 is 22.9 Å². The number of aromatic nitrogens is 1. The summed E-state index contributed by atoms with van der Waals surface area (Å²) in [5.74, 6) is 2.25. The lowest BCUT2D eigenvalue weighted by molar-refractivity contribution is -0.124. The van der Waals surface area contributed by atoms with E-state index in [0.717, 1.165) is 79.8 Å². The van der Waals surface area contributed by atoms with Crippen molar-refractivity contribution in [2.75, 3.05) is 25.7 Å². The molecular formula is C39H46N2O4S. The number of benzene rings is 3. The van der Waals surface area contributed by atoms with Crippen LogP contribution in [-0.4, -0.2) is 37.8 Å². The number of amides is 1. The van der Waals surface area contributed by atoms with Crippen LogP contribution in [0.3, 0.4) is 0 Å². The van der Waals surface area contributed by atoms with Crippen molar-refractivity contribution in [1.82, 2.24) is 4.98 Å². The van der Waals surface area contributed by atoms with Crippen molar-refractivity contribution in [2.45, 2.75) is 76.9 Å². The highest BCUT2D eigenvalue weighted by Crippen LogP contribution is 2.40. The predicted octanol–water partition coefficient (Wildman–Crippen LogP) is 9.22. The van der Waals surface area contributed by atoms with E-state index in [4.69, 9.17) is 14.2 Å². The van der Waals surface area contributed by atoms with E-state index < -0.39 is 0 Å². The van der Waals surface area contributed by atoms with Crippen molar-refractivity contribution in [2.24, 2.45) is 11.8 Å². The first kappa shape index (κ1) is 32.3. The van der Waals surface area contributed by atoms with E-state index in [1.165, 1.54) is 28.0 Å². The molecule has 1 aromatic heterocycles. The van der Waals surface area contributed by atoms with Crippen LogP contribution >= 0.6 is 11.3 Å². The van der Waals surface area contributed by atoms with Crippen LogP contribution in [0.5, 0.6) is 10.9 Å². The van der Waals surface area contributed by atoms with Crippen LogP contribution in [0, 0.1) is 18.8 Å². The predicted molar refractivity (Wildman–Crippen MR) is 186 cm³/mol. The van der Waals surface area contributed by atoms with Gasteiger partial charge in [0.05, 0.1) is 31.8 Å². The number of ether oxygens (including phenoxy) is 3. The Morgan fingerprint density at radius 3 is 2.35 bits per heavy atom. The molecule has 0 radical (unpaired) electrons. The molecule has 46 heavy (non-hydrogen) atoms. The summed E-state index contributed by atoms with van der Waals surface area (Å²) >= 11 is 1.52. The normalized spacial score (nSPS) is 21.5. The molecule has 0 atom stereocenters. The van der Waals surface area contributed by atoms with Gasteiger partial charge in [-0.3, -0.25) is 4.79 Å². The molecule has 2 aliphatic carbocycles. The molecule has 2 aliphatic rings. The van der Waals surface area contributed by atoms with E-state index in [-0.39, 0.29) is 17.9 Å². The van der Waals surface area contributed by atoms with Gasteiger partial charge < -0.3 is 19.1 Å². The Kier molecular flexibility index (Phi) is 10.7. The Morgan fingerprint density at radius 1 is 0.870 bits per heavy atom. The standard InChI is InChI=1S/C39H46N2O4S/c1-27-22-32(18-21-36(27)43-2)30-14-12-28(13-15-30)25-41(34-11-7-10-33(23-34)37-24-40-39(44-3)46-37)38(42)31-16-19-35(20-17-31)45-26-29-8-5-4-6-9-29/h4-11,18,21-24,28,30-31,35H,12-17,19-20,25-26H2,1-3H3/t28-,30-,31-,35-. The van der Waals surface area contributed by atoms with Crippen LogP contribution in [-0.2, 0) is 16.1 Å². The van der Waals surface area contributed by atoms with Gasteiger partial charge in [-0.2, -0.15) is 0 Å². The number of methoxy groups -OCH3 is 2. The Labute approximate surface area is 277 Å². The molecule has 0 aliphatic heterocycles. The maximum Gasteiger partial charge on any atom is 0.273 e. The van der Waals surface area contributed by atoms with E-state index in [2.05, 4.69) is 83.5 Å². The van der Waals surface area contributed by atoms with Gasteiger partial charge in [-0.15, -0.1) is 0 Å². The Balaban J connectivity index is 1.14. The van der Waals surface area contributed by atoms with E-state index in [1.807, 2.05) is 12.3 Å². The monoisotopic (exact) mass is 638 g/mol. The maximum absolute atomic E-state index is 14.4. The zero-order valence-electron chi connectivity index (χ0n) is 27.3. The molecule has 242 valence electrons. The van der Waals surface area contributed by atoms with Crippen molar-refractivity contribution in [1.29, 1.82) is 0 Å². The third-order valence-corrected chi connectivity index (χ3v) is 10.9. The number of anilines is 1. The second-order valence-corrected chi connectivity index (χ2v) is 13.9. The molecule has 3 aromatic carbocycles. The highest BCUT2D eigenvalue weighted by Gasteiger charge is 2.33. The summed E-state index contributed by atoms with van der Waals surface area (Å²) in [6, 6.07) is 25.4. The number of nitrogens with zero attached hydrogens (tertiary/aromatic N) is 2. The highest BCUT2D eigenvalue weighted by atomic mass is 32.1. The Morgan fingerprint density at radius 2 is 1.65 bits per heavy atom. The number of carbonyl (C=O) groups is 1. The fourth-order valence-electron chi connectivity index (χ4n) is 7.21. The smallest absolute Gasteiger partial charge is 0.273 e. The summed E-state index contributed by atoms with van der Waals surface area (Å²) in [7, 11) is 3.38. The van der Waals surface area contributed by atoms with Crippen LogP contribution in [0.2, 0.25) is 0 Å². The molecule has 0 N–H and O–H groups in total. The molecule has 2 fully saturated rings. The average Bonchev–Trinajstić information content (AvgIpc) is 3.60. The van der Waals surface area contributed by atoms with Crippen LogP contribution in [0.4, 0.5) is 5.69 Å². The van der Waals surface area contributed by atoms with Gasteiger partial charge in [-0.25, -0.2) is 4.98 Å². The SMILES string of the molecule is COc1ncc(-c2cccc(N(C[C@H]3CC[C@H](c4ccc(OC)c(C)c4)CC3)C(=O)[C@H]3CC[C@H](OCc4ccccc4)CC3)c2)s1. The van der Waals surface area contributed by atoms with Crippen LogP contribution in [0.1, 0.15) is 74.0 Å². The molecule has 4 aromatic rings. The molecular weight excluding hydrogens is 593 g/mol. The topological polar surface area (TPSA) is 60.9 Å². The zero-order valence-corrected chi connectivity index (χ0v) is 28.1.